The molecule has 8 heteroatoms. The smallest absolute Gasteiger partial charge is 0.196 e. The lowest BCUT2D eigenvalue weighted by Gasteiger charge is -2.09. The fourth-order valence-corrected chi connectivity index (χ4v) is 2.70. The summed E-state index contributed by atoms with van der Waals surface area (Å²) < 4.78 is 39.9. The maximum atomic E-state index is 13.5. The molecule has 2 nitrogen and oxygen atoms in total. The van der Waals surface area contributed by atoms with E-state index in [4.69, 9.17) is 11.6 Å². The highest BCUT2D eigenvalue weighted by atomic mass is 79.9. The van der Waals surface area contributed by atoms with Crippen LogP contribution in [0.5, 0.6) is 0 Å². The van der Waals surface area contributed by atoms with E-state index in [1.165, 1.54) is 17.5 Å². The third-order valence-corrected chi connectivity index (χ3v) is 3.82. The van der Waals surface area contributed by atoms with E-state index in [2.05, 4.69) is 26.2 Å². The molecular formula is C10H5BrClF3N2S. The number of rotatable bonds is 3. The largest absolute Gasteiger partial charge is 0.377 e. The van der Waals surface area contributed by atoms with Gasteiger partial charge in [0.2, 0.25) is 0 Å². The molecule has 1 aromatic carbocycles. The third kappa shape index (κ3) is 2.78. The molecule has 0 saturated carbocycles. The van der Waals surface area contributed by atoms with Crippen molar-refractivity contribution in [3.63, 3.8) is 0 Å². The maximum Gasteiger partial charge on any atom is 0.196 e. The van der Waals surface area contributed by atoms with E-state index >= 15 is 0 Å². The second-order valence-electron chi connectivity index (χ2n) is 3.28. The first kappa shape index (κ1) is 13.6. The molecule has 1 aromatic heterocycles. The second-order valence-corrected chi connectivity index (χ2v) is 5.83. The van der Waals surface area contributed by atoms with Crippen LogP contribution in [-0.2, 0) is 6.54 Å². The van der Waals surface area contributed by atoms with E-state index in [1.54, 1.807) is 0 Å². The first-order valence-corrected chi connectivity index (χ1v) is 6.65. The van der Waals surface area contributed by atoms with Crippen LogP contribution in [0, 0.1) is 17.5 Å². The molecule has 0 amide bonds. The van der Waals surface area contributed by atoms with Crippen molar-refractivity contribution in [2.24, 2.45) is 0 Å². The standard InChI is InChI=1S/C10H5BrClF3N2S/c11-5-1-6(13)7(14)8(15)9(5)16-2-4-3-17-10(12)18-4/h1,3,16H,2H2. The molecule has 2 aromatic rings. The number of thiazole rings is 1. The molecule has 0 aliphatic heterocycles. The Labute approximate surface area is 118 Å². The summed E-state index contributed by atoms with van der Waals surface area (Å²) in [6, 6.07) is 0.862. The van der Waals surface area contributed by atoms with Crippen molar-refractivity contribution in [1.82, 2.24) is 4.98 Å². The van der Waals surface area contributed by atoms with Crippen LogP contribution in [0.15, 0.2) is 16.7 Å². The van der Waals surface area contributed by atoms with Gasteiger partial charge in [-0.2, -0.15) is 0 Å². The highest BCUT2D eigenvalue weighted by Gasteiger charge is 2.17. The van der Waals surface area contributed by atoms with Crippen LogP contribution in [0.2, 0.25) is 4.47 Å². The Morgan fingerprint density at radius 2 is 2.06 bits per heavy atom. The van der Waals surface area contributed by atoms with Gasteiger partial charge in [0.15, 0.2) is 21.9 Å². The van der Waals surface area contributed by atoms with E-state index < -0.39 is 17.5 Å². The first-order chi connectivity index (χ1) is 8.49. The van der Waals surface area contributed by atoms with Crippen molar-refractivity contribution in [3.05, 3.63) is 43.5 Å². The van der Waals surface area contributed by atoms with E-state index in [1.807, 2.05) is 0 Å². The Balaban J connectivity index is 2.22. The lowest BCUT2D eigenvalue weighted by Crippen LogP contribution is -2.04. The van der Waals surface area contributed by atoms with Crippen molar-refractivity contribution >= 4 is 44.6 Å². The monoisotopic (exact) mass is 356 g/mol. The molecule has 0 aliphatic carbocycles. The van der Waals surface area contributed by atoms with Gasteiger partial charge < -0.3 is 5.32 Å². The summed E-state index contributed by atoms with van der Waals surface area (Å²) in [5.41, 5.74) is -0.140. The molecule has 96 valence electrons. The highest BCUT2D eigenvalue weighted by molar-refractivity contribution is 9.10. The molecule has 18 heavy (non-hydrogen) atoms. The summed E-state index contributed by atoms with van der Waals surface area (Å²) in [5, 5.41) is 2.66. The zero-order chi connectivity index (χ0) is 13.3. The van der Waals surface area contributed by atoms with Crippen LogP contribution in [0.4, 0.5) is 18.9 Å². The van der Waals surface area contributed by atoms with Gasteiger partial charge in [-0.3, -0.25) is 0 Å². The Kier molecular flexibility index (Phi) is 4.14. The van der Waals surface area contributed by atoms with Crippen molar-refractivity contribution in [2.45, 2.75) is 6.54 Å². The number of nitrogens with one attached hydrogen (secondary N) is 1. The fourth-order valence-electron chi connectivity index (χ4n) is 1.27. The predicted octanol–water partition coefficient (Wildman–Crippen LogP) is 4.59. The van der Waals surface area contributed by atoms with Crippen LogP contribution in [0.3, 0.4) is 0 Å². The zero-order valence-corrected chi connectivity index (χ0v) is 11.8. The summed E-state index contributed by atoms with van der Waals surface area (Å²) in [4.78, 5) is 4.56. The van der Waals surface area contributed by atoms with Gasteiger partial charge in [0.05, 0.1) is 12.2 Å². The van der Waals surface area contributed by atoms with Crippen LogP contribution in [-0.4, -0.2) is 4.98 Å². The van der Waals surface area contributed by atoms with Crippen molar-refractivity contribution in [1.29, 1.82) is 0 Å². The van der Waals surface area contributed by atoms with E-state index in [-0.39, 0.29) is 16.7 Å². The molecule has 0 radical (unpaired) electrons. The third-order valence-electron chi connectivity index (χ3n) is 2.08. The minimum Gasteiger partial charge on any atom is -0.377 e. The molecule has 0 aliphatic rings. The predicted molar refractivity (Wildman–Crippen MR) is 68.5 cm³/mol. The van der Waals surface area contributed by atoms with Crippen molar-refractivity contribution in [2.75, 3.05) is 5.32 Å². The van der Waals surface area contributed by atoms with E-state index in [0.29, 0.717) is 4.47 Å². The summed E-state index contributed by atoms with van der Waals surface area (Å²) in [6.07, 6.45) is 1.52. The molecule has 0 atom stereocenters. The Morgan fingerprint density at radius 3 is 2.67 bits per heavy atom. The lowest BCUT2D eigenvalue weighted by molar-refractivity contribution is 0.448. The topological polar surface area (TPSA) is 24.9 Å². The number of halogens is 5. The quantitative estimate of drug-likeness (QED) is 0.642. The average molecular weight is 358 g/mol. The SMILES string of the molecule is Fc1cc(Br)c(NCc2cnc(Cl)s2)c(F)c1F. The minimum absolute atomic E-state index is 0.106. The number of nitrogens with zero attached hydrogens (tertiary/aromatic N) is 1. The van der Waals surface area contributed by atoms with Crippen LogP contribution >= 0.6 is 38.9 Å². The fraction of sp³-hybridized carbons (Fsp3) is 0.100. The second kappa shape index (κ2) is 5.46. The van der Waals surface area contributed by atoms with Crippen molar-refractivity contribution in [3.8, 4) is 0 Å². The highest BCUT2D eigenvalue weighted by Crippen LogP contribution is 2.30. The van der Waals surface area contributed by atoms with Gasteiger partial charge in [0.25, 0.3) is 0 Å². The molecule has 0 fully saturated rings. The Morgan fingerprint density at radius 1 is 1.33 bits per heavy atom. The minimum atomic E-state index is -1.51. The van der Waals surface area contributed by atoms with E-state index in [0.717, 1.165) is 10.9 Å². The number of hydrogen-bond donors (Lipinski definition) is 1. The molecule has 0 spiro atoms. The number of hydrogen-bond acceptors (Lipinski definition) is 3. The van der Waals surface area contributed by atoms with Crippen LogP contribution in [0.25, 0.3) is 0 Å². The van der Waals surface area contributed by atoms with Gasteiger partial charge in [0, 0.05) is 15.5 Å². The lowest BCUT2D eigenvalue weighted by atomic mass is 10.2. The normalized spacial score (nSPS) is 10.7. The Hall–Kier alpha value is -0.790. The molecule has 1 N–H and O–H groups in total. The number of benzene rings is 1. The van der Waals surface area contributed by atoms with Gasteiger partial charge in [0.1, 0.15) is 0 Å². The molecule has 0 unspecified atom stereocenters. The summed E-state index contributed by atoms with van der Waals surface area (Å²) in [5.74, 6) is -4.02. The molecule has 0 saturated heterocycles. The number of aromatic nitrogens is 1. The average Bonchev–Trinajstić information content (AvgIpc) is 2.72. The molecule has 0 bridgehead atoms. The molecule has 2 rings (SSSR count). The van der Waals surface area contributed by atoms with E-state index in [9.17, 15) is 13.2 Å². The van der Waals surface area contributed by atoms with Crippen molar-refractivity contribution < 1.29 is 13.2 Å². The van der Waals surface area contributed by atoms with Gasteiger partial charge in [-0.25, -0.2) is 18.2 Å². The van der Waals surface area contributed by atoms with Gasteiger partial charge in [-0.05, 0) is 22.0 Å². The maximum absolute atomic E-state index is 13.5. The zero-order valence-electron chi connectivity index (χ0n) is 8.61. The summed E-state index contributed by atoms with van der Waals surface area (Å²) in [7, 11) is 0. The van der Waals surface area contributed by atoms with Gasteiger partial charge >= 0.3 is 0 Å². The molecule has 1 heterocycles. The first-order valence-electron chi connectivity index (χ1n) is 4.66. The summed E-state index contributed by atoms with van der Waals surface area (Å²) in [6.45, 7) is 0.213. The molecular weight excluding hydrogens is 353 g/mol. The van der Waals surface area contributed by atoms with Crippen LogP contribution < -0.4 is 5.32 Å². The van der Waals surface area contributed by atoms with Gasteiger partial charge in [-0.1, -0.05) is 11.6 Å². The van der Waals surface area contributed by atoms with Crippen LogP contribution in [0.1, 0.15) is 4.88 Å². The van der Waals surface area contributed by atoms with Gasteiger partial charge in [-0.15, -0.1) is 11.3 Å². The Bertz CT molecular complexity index is 591. The number of anilines is 1. The summed E-state index contributed by atoms with van der Waals surface area (Å²) >= 11 is 9.81.